The molecule has 0 aliphatic carbocycles. The zero-order valence-corrected chi connectivity index (χ0v) is 32.4. The molecule has 288 valence electrons. The lowest BCUT2D eigenvalue weighted by molar-refractivity contribution is -0.143. The Morgan fingerprint density at radius 1 is 0.551 bits per heavy atom. The normalized spacial score (nSPS) is 13.0. The molecule has 2 unspecified atom stereocenters. The number of carbonyl (C=O) groups is 2. The first-order valence-corrected chi connectivity index (χ1v) is 21.1. The van der Waals surface area contributed by atoms with Crippen molar-refractivity contribution in [3.8, 4) is 0 Å². The van der Waals surface area contributed by atoms with Crippen molar-refractivity contribution in [1.29, 1.82) is 0 Å². The van der Waals surface area contributed by atoms with Crippen LogP contribution in [0.1, 0.15) is 213 Å². The van der Waals surface area contributed by atoms with Gasteiger partial charge >= 0.3 is 5.97 Å². The number of amides is 1. The van der Waals surface area contributed by atoms with Crippen LogP contribution < -0.4 is 5.32 Å². The van der Waals surface area contributed by atoms with Gasteiger partial charge in [-0.05, 0) is 51.4 Å². The van der Waals surface area contributed by atoms with Crippen LogP contribution in [0.2, 0.25) is 0 Å². The highest BCUT2D eigenvalue weighted by molar-refractivity contribution is 5.76. The van der Waals surface area contributed by atoms with Gasteiger partial charge in [0.15, 0.2) is 0 Å². The van der Waals surface area contributed by atoms with Gasteiger partial charge in [-0.2, -0.15) is 0 Å². The van der Waals surface area contributed by atoms with Gasteiger partial charge in [0.05, 0.1) is 25.4 Å². The summed E-state index contributed by atoms with van der Waals surface area (Å²) in [5, 5.41) is 22.8. The van der Waals surface area contributed by atoms with Gasteiger partial charge in [-0.25, -0.2) is 0 Å². The van der Waals surface area contributed by atoms with Gasteiger partial charge in [0.25, 0.3) is 0 Å². The number of allylic oxidation sites excluding steroid dienone is 3. The molecule has 1 amide bonds. The van der Waals surface area contributed by atoms with Gasteiger partial charge in [0.1, 0.15) is 0 Å². The summed E-state index contributed by atoms with van der Waals surface area (Å²) in [6.07, 6.45) is 43.0. The van der Waals surface area contributed by atoms with Gasteiger partial charge in [-0.3, -0.25) is 9.59 Å². The highest BCUT2D eigenvalue weighted by Crippen LogP contribution is 2.14. The van der Waals surface area contributed by atoms with Gasteiger partial charge in [-0.15, -0.1) is 0 Å². The van der Waals surface area contributed by atoms with Crippen LogP contribution in [0.4, 0.5) is 0 Å². The van der Waals surface area contributed by atoms with E-state index in [0.717, 1.165) is 57.8 Å². The van der Waals surface area contributed by atoms with Crippen LogP contribution >= 0.6 is 0 Å². The number of rotatable bonds is 38. The molecule has 3 N–H and O–H groups in total. The number of nitrogens with one attached hydrogen (secondary N) is 1. The van der Waals surface area contributed by atoms with Crippen molar-refractivity contribution in [2.24, 2.45) is 0 Å². The summed E-state index contributed by atoms with van der Waals surface area (Å²) in [6.45, 7) is 4.78. The minimum absolute atomic E-state index is 0.0234. The maximum Gasteiger partial charge on any atom is 0.305 e. The summed E-state index contributed by atoms with van der Waals surface area (Å²) < 4.78 is 5.42. The van der Waals surface area contributed by atoms with Gasteiger partial charge in [0, 0.05) is 12.8 Å². The number of hydrogen-bond donors (Lipinski definition) is 3. The molecule has 0 bridgehead atoms. The molecular weight excluding hydrogens is 610 g/mol. The van der Waals surface area contributed by atoms with E-state index >= 15 is 0 Å². The first kappa shape index (κ1) is 47.3. The van der Waals surface area contributed by atoms with E-state index in [-0.39, 0.29) is 18.5 Å². The standard InChI is InChI=1S/C43H81NO5/c1-3-5-7-9-11-13-16-21-25-29-33-37-43(48)49-38-34-30-26-22-18-15-14-17-20-24-28-32-36-42(47)44-40(39-45)41(46)35-31-27-23-19-12-10-8-6-4-2/h9,11,31,35,40-41,45-46H,3-8,10,12-30,32-34,36-39H2,1-2H3,(H,44,47)/b11-9-,35-31+. The van der Waals surface area contributed by atoms with Crippen LogP contribution in [0.25, 0.3) is 0 Å². The fraction of sp³-hybridized carbons (Fsp3) is 0.860. The van der Waals surface area contributed by atoms with Crippen molar-refractivity contribution >= 4 is 11.9 Å². The third-order valence-electron chi connectivity index (χ3n) is 9.47. The van der Waals surface area contributed by atoms with E-state index in [1.807, 2.05) is 6.08 Å². The SMILES string of the molecule is CCCC/C=C\CCCCCCCC(=O)OCCCCCCCCCCCCCCC(=O)NC(CO)C(O)/C=C/CCCCCCCCC. The maximum absolute atomic E-state index is 12.3. The van der Waals surface area contributed by atoms with E-state index in [2.05, 4.69) is 31.3 Å². The van der Waals surface area contributed by atoms with E-state index in [1.165, 1.54) is 128 Å². The Kier molecular flexibility index (Phi) is 37.8. The summed E-state index contributed by atoms with van der Waals surface area (Å²) in [6, 6.07) is -0.636. The van der Waals surface area contributed by atoms with Gasteiger partial charge in [-0.1, -0.05) is 173 Å². The second-order valence-electron chi connectivity index (χ2n) is 14.3. The van der Waals surface area contributed by atoms with Crippen molar-refractivity contribution in [3.63, 3.8) is 0 Å². The molecule has 0 aromatic carbocycles. The van der Waals surface area contributed by atoms with E-state index in [9.17, 15) is 19.8 Å². The van der Waals surface area contributed by atoms with Gasteiger partial charge < -0.3 is 20.3 Å². The maximum atomic E-state index is 12.3. The molecule has 0 fully saturated rings. The average molecular weight is 692 g/mol. The zero-order valence-electron chi connectivity index (χ0n) is 32.4. The summed E-state index contributed by atoms with van der Waals surface area (Å²) >= 11 is 0. The van der Waals surface area contributed by atoms with Crippen LogP contribution in [0.3, 0.4) is 0 Å². The minimum Gasteiger partial charge on any atom is -0.466 e. The van der Waals surface area contributed by atoms with Crippen LogP contribution in [-0.4, -0.2) is 47.4 Å². The summed E-state index contributed by atoms with van der Waals surface area (Å²) in [5.41, 5.74) is 0. The Balaban J connectivity index is 3.50. The number of aliphatic hydroxyl groups excluding tert-OH is 2. The molecule has 2 atom stereocenters. The Labute approximate surface area is 303 Å². The molecule has 0 saturated carbocycles. The van der Waals surface area contributed by atoms with Crippen molar-refractivity contribution in [2.75, 3.05) is 13.2 Å². The van der Waals surface area contributed by atoms with Crippen molar-refractivity contribution in [3.05, 3.63) is 24.3 Å². The Morgan fingerprint density at radius 3 is 1.51 bits per heavy atom. The Hall–Kier alpha value is -1.66. The molecule has 6 nitrogen and oxygen atoms in total. The number of unbranched alkanes of at least 4 members (excludes halogenated alkanes) is 25. The minimum atomic E-state index is -0.851. The molecule has 0 rings (SSSR count). The second kappa shape index (κ2) is 39.1. The number of carbonyl (C=O) groups excluding carboxylic acids is 2. The quantitative estimate of drug-likeness (QED) is 0.0340. The van der Waals surface area contributed by atoms with Crippen molar-refractivity contribution in [1.82, 2.24) is 5.32 Å². The summed E-state index contributed by atoms with van der Waals surface area (Å²) in [4.78, 5) is 24.2. The third kappa shape index (κ3) is 36.0. The fourth-order valence-electron chi connectivity index (χ4n) is 6.14. The van der Waals surface area contributed by atoms with Crippen molar-refractivity contribution < 1.29 is 24.5 Å². The molecule has 0 aliphatic heterocycles. The van der Waals surface area contributed by atoms with E-state index in [4.69, 9.17) is 4.74 Å². The van der Waals surface area contributed by atoms with Crippen molar-refractivity contribution in [2.45, 2.75) is 225 Å². The first-order chi connectivity index (χ1) is 24.0. The largest absolute Gasteiger partial charge is 0.466 e. The molecule has 49 heavy (non-hydrogen) atoms. The third-order valence-corrected chi connectivity index (χ3v) is 9.47. The lowest BCUT2D eigenvalue weighted by Crippen LogP contribution is -2.45. The smallest absolute Gasteiger partial charge is 0.305 e. The predicted molar refractivity (Wildman–Crippen MR) is 209 cm³/mol. The predicted octanol–water partition coefficient (Wildman–Crippen LogP) is 11.6. The Morgan fingerprint density at radius 2 is 0.980 bits per heavy atom. The van der Waals surface area contributed by atoms with E-state index in [1.54, 1.807) is 6.08 Å². The number of ether oxygens (including phenoxy) is 1. The number of esters is 1. The highest BCUT2D eigenvalue weighted by Gasteiger charge is 2.18. The summed E-state index contributed by atoms with van der Waals surface area (Å²) in [5.74, 6) is -0.112. The van der Waals surface area contributed by atoms with Crippen LogP contribution in [0.15, 0.2) is 24.3 Å². The first-order valence-electron chi connectivity index (χ1n) is 21.1. The fourth-order valence-corrected chi connectivity index (χ4v) is 6.14. The molecule has 0 aromatic heterocycles. The molecule has 0 heterocycles. The lowest BCUT2D eigenvalue weighted by Gasteiger charge is -2.20. The topological polar surface area (TPSA) is 95.9 Å². The van der Waals surface area contributed by atoms with Gasteiger partial charge in [0.2, 0.25) is 5.91 Å². The van der Waals surface area contributed by atoms with E-state index < -0.39 is 12.1 Å². The number of aliphatic hydroxyl groups is 2. The van der Waals surface area contributed by atoms with Crippen LogP contribution in [0, 0.1) is 0 Å². The highest BCUT2D eigenvalue weighted by atomic mass is 16.5. The number of hydrogen-bond acceptors (Lipinski definition) is 5. The zero-order chi connectivity index (χ0) is 35.9. The van der Waals surface area contributed by atoms with Crippen LogP contribution in [0.5, 0.6) is 0 Å². The molecule has 6 heteroatoms. The summed E-state index contributed by atoms with van der Waals surface area (Å²) in [7, 11) is 0. The monoisotopic (exact) mass is 692 g/mol. The molecule has 0 spiro atoms. The second-order valence-corrected chi connectivity index (χ2v) is 14.3. The molecule has 0 saturated heterocycles. The molecular formula is C43H81NO5. The molecule has 0 aromatic rings. The lowest BCUT2D eigenvalue weighted by atomic mass is 10.0. The Bertz CT molecular complexity index is 767. The molecule has 0 aliphatic rings. The van der Waals surface area contributed by atoms with Crippen LogP contribution in [-0.2, 0) is 14.3 Å². The van der Waals surface area contributed by atoms with E-state index in [0.29, 0.717) is 19.4 Å². The average Bonchev–Trinajstić information content (AvgIpc) is 3.10. The molecule has 0 radical (unpaired) electrons.